The van der Waals surface area contributed by atoms with E-state index in [9.17, 15) is 13.2 Å². The van der Waals surface area contributed by atoms with Crippen LogP contribution in [-0.4, -0.2) is 92.9 Å². The lowest BCUT2D eigenvalue weighted by Gasteiger charge is -2.29. The molecule has 11 nitrogen and oxygen atoms in total. The number of nitrogens with zero attached hydrogens (tertiary/aromatic N) is 4. The predicted molar refractivity (Wildman–Crippen MR) is 167 cm³/mol. The van der Waals surface area contributed by atoms with Crippen molar-refractivity contribution in [1.82, 2.24) is 19.8 Å². The van der Waals surface area contributed by atoms with Crippen LogP contribution in [0, 0.1) is 0 Å². The molecule has 1 fully saturated rings. The van der Waals surface area contributed by atoms with Gasteiger partial charge in [0.15, 0.2) is 15.7 Å². The Hall–Kier alpha value is -3.45. The van der Waals surface area contributed by atoms with Gasteiger partial charge < -0.3 is 25.0 Å². The van der Waals surface area contributed by atoms with Crippen molar-refractivity contribution in [2.24, 2.45) is 0 Å². The van der Waals surface area contributed by atoms with Crippen LogP contribution >= 0.6 is 11.6 Å². The number of hydrogen-bond acceptors (Lipinski definition) is 10. The highest BCUT2D eigenvalue weighted by Gasteiger charge is 2.23. The van der Waals surface area contributed by atoms with Gasteiger partial charge in [0, 0.05) is 26.2 Å². The van der Waals surface area contributed by atoms with Gasteiger partial charge in [-0.1, -0.05) is 30.7 Å². The molecule has 0 atom stereocenters. The Labute approximate surface area is 257 Å². The first-order valence-electron chi connectivity index (χ1n) is 14.4. The molecule has 0 bridgehead atoms. The summed E-state index contributed by atoms with van der Waals surface area (Å²) in [7, 11) is -1.87. The SMILES string of the molecule is CCCS(=O)(=O)c1ccccc1Nc1nc(Nc2cc3c(cc2OC)CCN(CC(=O)N2CCOCC2)CC3)ncc1Cl. The monoisotopic (exact) mass is 628 g/mol. The Kier molecular flexibility index (Phi) is 10.0. The zero-order valence-corrected chi connectivity index (χ0v) is 26.0. The van der Waals surface area contributed by atoms with Gasteiger partial charge in [0.1, 0.15) is 10.8 Å². The van der Waals surface area contributed by atoms with Gasteiger partial charge in [-0.15, -0.1) is 0 Å². The highest BCUT2D eigenvalue weighted by molar-refractivity contribution is 7.91. The molecule has 2 aliphatic rings. The lowest BCUT2D eigenvalue weighted by molar-refractivity contribution is -0.136. The molecule has 2 aromatic carbocycles. The molecule has 230 valence electrons. The fourth-order valence-electron chi connectivity index (χ4n) is 5.31. The summed E-state index contributed by atoms with van der Waals surface area (Å²) in [5, 5.41) is 6.58. The summed E-state index contributed by atoms with van der Waals surface area (Å²) < 4.78 is 36.8. The molecular weight excluding hydrogens is 592 g/mol. The Morgan fingerprint density at radius 2 is 1.77 bits per heavy atom. The summed E-state index contributed by atoms with van der Waals surface area (Å²) in [6, 6.07) is 10.8. The molecule has 1 amide bonds. The number of benzene rings is 2. The number of carbonyl (C=O) groups is 1. The van der Waals surface area contributed by atoms with Gasteiger partial charge in [0.25, 0.3) is 0 Å². The number of carbonyl (C=O) groups excluding carboxylic acids is 1. The number of amides is 1. The summed E-state index contributed by atoms with van der Waals surface area (Å²) in [6.07, 6.45) is 3.55. The Balaban J connectivity index is 1.32. The van der Waals surface area contributed by atoms with Crippen LogP contribution in [0.2, 0.25) is 5.02 Å². The van der Waals surface area contributed by atoms with Crippen LogP contribution in [0.4, 0.5) is 23.1 Å². The summed E-state index contributed by atoms with van der Waals surface area (Å²) in [6.45, 7) is 6.25. The first-order chi connectivity index (χ1) is 20.8. The largest absolute Gasteiger partial charge is 0.495 e. The first kappa shape index (κ1) is 31.0. The molecule has 0 saturated carbocycles. The molecule has 1 aromatic heterocycles. The minimum absolute atomic E-state index is 0.0378. The number of methoxy groups -OCH3 is 1. The van der Waals surface area contributed by atoms with Gasteiger partial charge in [0.2, 0.25) is 11.9 Å². The second kappa shape index (κ2) is 13.9. The average Bonchev–Trinajstić information content (AvgIpc) is 3.20. The second-order valence-electron chi connectivity index (χ2n) is 10.5. The number of hydrogen-bond donors (Lipinski definition) is 2. The Morgan fingerprint density at radius 1 is 1.05 bits per heavy atom. The maximum absolute atomic E-state index is 12.8. The van der Waals surface area contributed by atoms with E-state index in [1.807, 2.05) is 24.0 Å². The quantitative estimate of drug-likeness (QED) is 0.339. The number of sulfone groups is 1. The molecule has 0 aliphatic carbocycles. The van der Waals surface area contributed by atoms with Crippen LogP contribution in [0.3, 0.4) is 0 Å². The van der Waals surface area contributed by atoms with Crippen molar-refractivity contribution in [2.45, 2.75) is 31.1 Å². The molecule has 5 rings (SSSR count). The van der Waals surface area contributed by atoms with Gasteiger partial charge in [-0.25, -0.2) is 13.4 Å². The van der Waals surface area contributed by atoms with Crippen LogP contribution in [0.25, 0.3) is 0 Å². The third kappa shape index (κ3) is 7.56. The van der Waals surface area contributed by atoms with Crippen LogP contribution in [0.5, 0.6) is 5.75 Å². The molecule has 13 heteroatoms. The van der Waals surface area contributed by atoms with Crippen LogP contribution in [0.15, 0.2) is 47.5 Å². The topological polar surface area (TPSA) is 126 Å². The number of aromatic nitrogens is 2. The number of ether oxygens (including phenoxy) is 2. The summed E-state index contributed by atoms with van der Waals surface area (Å²) in [5.74, 6) is 1.36. The van der Waals surface area contributed by atoms with Crippen molar-refractivity contribution >= 4 is 50.5 Å². The normalized spacial score (nSPS) is 15.8. The van der Waals surface area contributed by atoms with Gasteiger partial charge in [-0.3, -0.25) is 9.69 Å². The number of para-hydroxylation sites is 1. The van der Waals surface area contributed by atoms with E-state index in [1.165, 1.54) is 11.8 Å². The van der Waals surface area contributed by atoms with Crippen molar-refractivity contribution in [3.8, 4) is 5.75 Å². The van der Waals surface area contributed by atoms with E-state index in [0.717, 1.165) is 31.5 Å². The molecule has 1 saturated heterocycles. The first-order valence-corrected chi connectivity index (χ1v) is 16.5. The zero-order chi connectivity index (χ0) is 30.4. The number of morpholine rings is 1. The molecule has 0 unspecified atom stereocenters. The smallest absolute Gasteiger partial charge is 0.236 e. The minimum atomic E-state index is -3.48. The van der Waals surface area contributed by atoms with Crippen molar-refractivity contribution in [2.75, 3.05) is 69.4 Å². The molecule has 43 heavy (non-hydrogen) atoms. The van der Waals surface area contributed by atoms with E-state index in [4.69, 9.17) is 21.1 Å². The summed E-state index contributed by atoms with van der Waals surface area (Å²) in [5.41, 5.74) is 3.42. The molecule has 0 radical (unpaired) electrons. The summed E-state index contributed by atoms with van der Waals surface area (Å²) >= 11 is 6.42. The number of anilines is 4. The molecule has 2 aliphatic heterocycles. The fraction of sp³-hybridized carbons (Fsp3) is 0.433. The van der Waals surface area contributed by atoms with E-state index in [-0.39, 0.29) is 33.3 Å². The maximum atomic E-state index is 12.8. The zero-order valence-electron chi connectivity index (χ0n) is 24.4. The molecule has 2 N–H and O–H groups in total. The lowest BCUT2D eigenvalue weighted by atomic mass is 10.0. The van der Waals surface area contributed by atoms with E-state index in [2.05, 4.69) is 25.5 Å². The number of fused-ring (bicyclic) bond motifs is 1. The van der Waals surface area contributed by atoms with Gasteiger partial charge in [-0.05, 0) is 54.7 Å². The lowest BCUT2D eigenvalue weighted by Crippen LogP contribution is -2.46. The maximum Gasteiger partial charge on any atom is 0.236 e. The van der Waals surface area contributed by atoms with Crippen LogP contribution < -0.4 is 15.4 Å². The molecular formula is C30H37ClN6O5S. The average molecular weight is 629 g/mol. The van der Waals surface area contributed by atoms with Crippen LogP contribution in [0.1, 0.15) is 24.5 Å². The van der Waals surface area contributed by atoms with Crippen molar-refractivity contribution in [1.29, 1.82) is 0 Å². The van der Waals surface area contributed by atoms with Crippen molar-refractivity contribution in [3.63, 3.8) is 0 Å². The molecule has 0 spiro atoms. The van der Waals surface area contributed by atoms with Crippen molar-refractivity contribution in [3.05, 3.63) is 58.7 Å². The van der Waals surface area contributed by atoms with E-state index < -0.39 is 9.84 Å². The van der Waals surface area contributed by atoms with E-state index >= 15 is 0 Å². The second-order valence-corrected chi connectivity index (χ2v) is 13.0. The third-order valence-corrected chi connectivity index (χ3v) is 9.83. The van der Waals surface area contributed by atoms with Gasteiger partial charge >= 0.3 is 0 Å². The number of halogens is 1. The Morgan fingerprint density at radius 3 is 2.49 bits per heavy atom. The van der Waals surface area contributed by atoms with E-state index in [0.29, 0.717) is 56.4 Å². The predicted octanol–water partition coefficient (Wildman–Crippen LogP) is 4.07. The number of nitrogens with one attached hydrogen (secondary N) is 2. The standard InChI is InChI=1S/C30H37ClN6O5S/c1-3-16-43(39,40)27-7-5-4-6-24(27)33-29-23(31)19-32-30(35-29)34-25-17-21-8-10-36(11-9-22(21)18-26(25)41-2)20-28(38)37-12-14-42-15-13-37/h4-7,17-19H,3,8-16,20H2,1-2H3,(H2,32,33,34,35). The van der Waals surface area contributed by atoms with Crippen LogP contribution in [-0.2, 0) is 32.2 Å². The van der Waals surface area contributed by atoms with Crippen molar-refractivity contribution < 1.29 is 22.7 Å². The molecule has 3 heterocycles. The Bertz CT molecular complexity index is 1560. The highest BCUT2D eigenvalue weighted by atomic mass is 35.5. The molecule has 3 aromatic rings. The highest BCUT2D eigenvalue weighted by Crippen LogP contribution is 2.34. The fourth-order valence-corrected chi connectivity index (χ4v) is 6.95. The number of rotatable bonds is 10. The van der Waals surface area contributed by atoms with Gasteiger partial charge in [0.05, 0.1) is 55.1 Å². The van der Waals surface area contributed by atoms with Gasteiger partial charge in [-0.2, -0.15) is 4.98 Å². The minimum Gasteiger partial charge on any atom is -0.495 e. The van der Waals surface area contributed by atoms with E-state index in [1.54, 1.807) is 31.4 Å². The third-order valence-electron chi connectivity index (χ3n) is 7.58. The summed E-state index contributed by atoms with van der Waals surface area (Å²) in [4.78, 5) is 26.0.